The van der Waals surface area contributed by atoms with Gasteiger partial charge in [0.1, 0.15) is 12.3 Å². The van der Waals surface area contributed by atoms with E-state index in [1.54, 1.807) is 12.4 Å². The number of pyridine rings is 1. The van der Waals surface area contributed by atoms with E-state index >= 15 is 0 Å². The third-order valence-corrected chi connectivity index (χ3v) is 5.46. The molecule has 4 rings (SSSR count). The lowest BCUT2D eigenvalue weighted by molar-refractivity contribution is 0.0934. The van der Waals surface area contributed by atoms with Crippen LogP contribution in [0, 0.1) is 5.41 Å². The Bertz CT molecular complexity index is 1040. The van der Waals surface area contributed by atoms with Crippen LogP contribution in [0.15, 0.2) is 53.4 Å². The molecule has 0 bridgehead atoms. The molecule has 0 fully saturated rings. The number of para-hydroxylation sites is 1. The lowest BCUT2D eigenvalue weighted by atomic mass is 9.77. The Balaban J connectivity index is 1.60. The molecular weight excluding hydrogens is 350 g/mol. The average Bonchev–Trinajstić information content (AvgIpc) is 3.22. The lowest BCUT2D eigenvalue weighted by Crippen LogP contribution is -2.26. The number of aromatic nitrogens is 2. The fourth-order valence-corrected chi connectivity index (χ4v) is 3.66. The number of amides is 1. The number of oxazole rings is 1. The predicted molar refractivity (Wildman–Crippen MR) is 110 cm³/mol. The van der Waals surface area contributed by atoms with Gasteiger partial charge in [0.05, 0.1) is 17.3 Å². The van der Waals surface area contributed by atoms with E-state index in [0.29, 0.717) is 16.9 Å². The van der Waals surface area contributed by atoms with Crippen molar-refractivity contribution < 1.29 is 9.21 Å². The molecule has 0 saturated heterocycles. The van der Waals surface area contributed by atoms with Crippen LogP contribution in [-0.4, -0.2) is 15.9 Å². The molecule has 3 aromatic rings. The highest BCUT2D eigenvalue weighted by Crippen LogP contribution is 2.39. The zero-order valence-corrected chi connectivity index (χ0v) is 16.5. The second kappa shape index (κ2) is 7.23. The number of hydrogen-bond acceptors (Lipinski definition) is 4. The Kier molecular flexibility index (Phi) is 4.75. The standard InChI is InChI=1S/C23H25N3O2/c1-15(22-24-11-12-28-22)26-21(27)18-13-17-5-4-6-19(20(17)25-14-18)16-7-9-23(2,3)10-8-16/h4-7,11-15H,8-10H2,1-3H3,(H,26,27)/t15-/m0/s1. The van der Waals surface area contributed by atoms with Crippen LogP contribution in [0.25, 0.3) is 16.5 Å². The first-order valence-corrected chi connectivity index (χ1v) is 9.71. The zero-order valence-electron chi connectivity index (χ0n) is 16.5. The summed E-state index contributed by atoms with van der Waals surface area (Å²) in [6, 6.07) is 7.77. The Morgan fingerprint density at radius 3 is 2.86 bits per heavy atom. The van der Waals surface area contributed by atoms with Crippen molar-refractivity contribution in [3.63, 3.8) is 0 Å². The van der Waals surface area contributed by atoms with Gasteiger partial charge in [-0.3, -0.25) is 9.78 Å². The quantitative estimate of drug-likeness (QED) is 0.671. The van der Waals surface area contributed by atoms with Gasteiger partial charge in [0.2, 0.25) is 5.89 Å². The van der Waals surface area contributed by atoms with E-state index in [1.165, 1.54) is 23.8 Å². The Labute approximate surface area is 164 Å². The van der Waals surface area contributed by atoms with E-state index in [1.807, 2.05) is 25.1 Å². The van der Waals surface area contributed by atoms with E-state index in [2.05, 4.69) is 41.3 Å². The van der Waals surface area contributed by atoms with Crippen molar-refractivity contribution in [1.29, 1.82) is 0 Å². The molecule has 1 N–H and O–H groups in total. The number of fused-ring (bicyclic) bond motifs is 1. The molecule has 2 heterocycles. The highest BCUT2D eigenvalue weighted by atomic mass is 16.3. The summed E-state index contributed by atoms with van der Waals surface area (Å²) in [6.07, 6.45) is 10.4. The topological polar surface area (TPSA) is 68.0 Å². The van der Waals surface area contributed by atoms with Crippen molar-refractivity contribution in [2.24, 2.45) is 5.41 Å². The lowest BCUT2D eigenvalue weighted by Gasteiger charge is -2.29. The highest BCUT2D eigenvalue weighted by Gasteiger charge is 2.23. The molecule has 1 aromatic carbocycles. The van der Waals surface area contributed by atoms with Gasteiger partial charge in [-0.2, -0.15) is 0 Å². The van der Waals surface area contributed by atoms with Crippen LogP contribution < -0.4 is 5.32 Å². The van der Waals surface area contributed by atoms with Gasteiger partial charge in [0, 0.05) is 17.1 Å². The fraction of sp³-hybridized carbons (Fsp3) is 0.348. The first kappa shape index (κ1) is 18.4. The zero-order chi connectivity index (χ0) is 19.7. The second-order valence-corrected chi connectivity index (χ2v) is 8.26. The Morgan fingerprint density at radius 2 is 2.14 bits per heavy atom. The number of allylic oxidation sites excluding steroid dienone is 2. The van der Waals surface area contributed by atoms with Crippen molar-refractivity contribution in [1.82, 2.24) is 15.3 Å². The molecule has 5 nitrogen and oxygen atoms in total. The third kappa shape index (κ3) is 3.70. The maximum Gasteiger partial charge on any atom is 0.253 e. The van der Waals surface area contributed by atoms with E-state index < -0.39 is 0 Å². The number of carbonyl (C=O) groups excluding carboxylic acids is 1. The third-order valence-electron chi connectivity index (χ3n) is 5.46. The van der Waals surface area contributed by atoms with Gasteiger partial charge in [-0.15, -0.1) is 0 Å². The Morgan fingerprint density at radius 1 is 1.29 bits per heavy atom. The van der Waals surface area contributed by atoms with Gasteiger partial charge in [0.25, 0.3) is 5.91 Å². The Hall–Kier alpha value is -2.95. The van der Waals surface area contributed by atoms with Crippen molar-refractivity contribution >= 4 is 22.4 Å². The fourth-order valence-electron chi connectivity index (χ4n) is 3.66. The van der Waals surface area contributed by atoms with Gasteiger partial charge < -0.3 is 9.73 Å². The highest BCUT2D eigenvalue weighted by molar-refractivity contribution is 5.99. The molecule has 0 spiro atoms. The normalized spacial score (nSPS) is 17.2. The monoisotopic (exact) mass is 375 g/mol. The molecule has 0 radical (unpaired) electrons. The smallest absolute Gasteiger partial charge is 0.253 e. The molecule has 1 aliphatic rings. The minimum absolute atomic E-state index is 0.191. The molecule has 0 unspecified atom stereocenters. The molecule has 1 aliphatic carbocycles. The van der Waals surface area contributed by atoms with E-state index in [4.69, 9.17) is 4.42 Å². The van der Waals surface area contributed by atoms with Crippen LogP contribution in [0.4, 0.5) is 0 Å². The molecule has 5 heteroatoms. The molecule has 28 heavy (non-hydrogen) atoms. The second-order valence-electron chi connectivity index (χ2n) is 8.26. The molecule has 1 amide bonds. The molecule has 0 saturated carbocycles. The summed E-state index contributed by atoms with van der Waals surface area (Å²) in [6.45, 7) is 6.46. The van der Waals surface area contributed by atoms with Crippen LogP contribution in [0.5, 0.6) is 0 Å². The molecular formula is C23H25N3O2. The first-order valence-electron chi connectivity index (χ1n) is 9.71. The molecule has 2 aromatic heterocycles. The SMILES string of the molecule is C[C@H](NC(=O)c1cnc2c(C3=CCC(C)(C)CC3)cccc2c1)c1ncco1. The van der Waals surface area contributed by atoms with Crippen LogP contribution in [0.1, 0.15) is 67.9 Å². The number of nitrogens with zero attached hydrogens (tertiary/aromatic N) is 2. The predicted octanol–water partition coefficient (Wildman–Crippen LogP) is 5.31. The van der Waals surface area contributed by atoms with Crippen LogP contribution in [0.2, 0.25) is 0 Å². The van der Waals surface area contributed by atoms with Crippen molar-refractivity contribution in [2.45, 2.75) is 46.1 Å². The minimum Gasteiger partial charge on any atom is -0.447 e. The maximum atomic E-state index is 12.6. The summed E-state index contributed by atoms with van der Waals surface area (Å²) in [7, 11) is 0. The van der Waals surface area contributed by atoms with Gasteiger partial charge in [-0.25, -0.2) is 4.98 Å². The largest absolute Gasteiger partial charge is 0.447 e. The van der Waals surface area contributed by atoms with Crippen LogP contribution >= 0.6 is 0 Å². The van der Waals surface area contributed by atoms with Gasteiger partial charge in [-0.05, 0) is 43.2 Å². The number of benzene rings is 1. The summed E-state index contributed by atoms with van der Waals surface area (Å²) >= 11 is 0. The summed E-state index contributed by atoms with van der Waals surface area (Å²) in [5.74, 6) is 0.292. The maximum absolute atomic E-state index is 12.6. The van der Waals surface area contributed by atoms with E-state index in [-0.39, 0.29) is 11.9 Å². The summed E-state index contributed by atoms with van der Waals surface area (Å²) in [5, 5.41) is 3.88. The average molecular weight is 375 g/mol. The molecule has 1 atom stereocenters. The number of rotatable bonds is 4. The molecule has 144 valence electrons. The summed E-state index contributed by atoms with van der Waals surface area (Å²) in [4.78, 5) is 21.3. The summed E-state index contributed by atoms with van der Waals surface area (Å²) in [5.41, 5.74) is 4.37. The first-order chi connectivity index (χ1) is 13.4. The van der Waals surface area contributed by atoms with Gasteiger partial charge >= 0.3 is 0 Å². The van der Waals surface area contributed by atoms with Crippen molar-refractivity contribution in [2.75, 3.05) is 0 Å². The number of nitrogens with one attached hydrogen (secondary N) is 1. The van der Waals surface area contributed by atoms with Crippen molar-refractivity contribution in [3.8, 4) is 0 Å². The van der Waals surface area contributed by atoms with Crippen molar-refractivity contribution in [3.05, 3.63) is 66.0 Å². The minimum atomic E-state index is -0.305. The van der Waals surface area contributed by atoms with Gasteiger partial charge in [0.15, 0.2) is 0 Å². The van der Waals surface area contributed by atoms with Gasteiger partial charge in [-0.1, -0.05) is 38.1 Å². The van der Waals surface area contributed by atoms with E-state index in [0.717, 1.165) is 23.7 Å². The van der Waals surface area contributed by atoms with Crippen LogP contribution in [0.3, 0.4) is 0 Å². The van der Waals surface area contributed by atoms with E-state index in [9.17, 15) is 4.79 Å². The summed E-state index contributed by atoms with van der Waals surface area (Å²) < 4.78 is 5.25. The number of hydrogen-bond donors (Lipinski definition) is 1. The van der Waals surface area contributed by atoms with Crippen LogP contribution in [-0.2, 0) is 0 Å². The number of carbonyl (C=O) groups is 1. The molecule has 0 aliphatic heterocycles.